The van der Waals surface area contributed by atoms with Gasteiger partial charge in [0.2, 0.25) is 11.1 Å². The SMILES string of the molecule is CCCc1nnc2n1NC(c1ccc(Cl)cc1)C(C(=O)Nc1ccc(OCC)cc1)S2. The second-order valence-corrected chi connectivity index (χ2v) is 8.67. The number of fused-ring (bicyclic) bond motifs is 1. The van der Waals surface area contributed by atoms with Gasteiger partial charge >= 0.3 is 0 Å². The number of aromatic nitrogens is 3. The molecule has 31 heavy (non-hydrogen) atoms. The number of halogens is 1. The summed E-state index contributed by atoms with van der Waals surface area (Å²) in [7, 11) is 0. The molecule has 3 aromatic rings. The molecule has 2 unspecified atom stereocenters. The zero-order valence-corrected chi connectivity index (χ0v) is 18.9. The Bertz CT molecular complexity index is 1040. The minimum absolute atomic E-state index is 0.118. The van der Waals surface area contributed by atoms with Gasteiger partial charge in [-0.2, -0.15) is 0 Å². The molecule has 1 aliphatic heterocycles. The van der Waals surface area contributed by atoms with Crippen molar-refractivity contribution < 1.29 is 9.53 Å². The van der Waals surface area contributed by atoms with Gasteiger partial charge in [0.15, 0.2) is 5.82 Å². The van der Waals surface area contributed by atoms with Crippen LogP contribution < -0.4 is 15.5 Å². The summed E-state index contributed by atoms with van der Waals surface area (Å²) in [6.45, 7) is 4.63. The Kier molecular flexibility index (Phi) is 6.67. The van der Waals surface area contributed by atoms with E-state index in [2.05, 4.69) is 27.9 Å². The largest absolute Gasteiger partial charge is 0.494 e. The van der Waals surface area contributed by atoms with Crippen molar-refractivity contribution in [1.82, 2.24) is 14.9 Å². The number of rotatable bonds is 7. The van der Waals surface area contributed by atoms with Crippen LogP contribution in [0.2, 0.25) is 5.02 Å². The topological polar surface area (TPSA) is 81.1 Å². The number of ether oxygens (including phenoxy) is 1. The number of thioether (sulfide) groups is 1. The number of aryl methyl sites for hydroxylation is 1. The molecule has 162 valence electrons. The molecular weight excluding hydrogens is 434 g/mol. The van der Waals surface area contributed by atoms with Crippen LogP contribution in [0.5, 0.6) is 5.75 Å². The molecule has 7 nitrogen and oxygen atoms in total. The summed E-state index contributed by atoms with van der Waals surface area (Å²) >= 11 is 7.49. The van der Waals surface area contributed by atoms with Crippen LogP contribution >= 0.6 is 23.4 Å². The van der Waals surface area contributed by atoms with Gasteiger partial charge in [0.25, 0.3) is 0 Å². The maximum Gasteiger partial charge on any atom is 0.240 e. The summed E-state index contributed by atoms with van der Waals surface area (Å²) in [5.41, 5.74) is 5.13. The first-order chi connectivity index (χ1) is 15.1. The highest BCUT2D eigenvalue weighted by Gasteiger charge is 2.37. The second kappa shape index (κ2) is 9.62. The summed E-state index contributed by atoms with van der Waals surface area (Å²) in [5, 5.41) is 12.5. The Balaban J connectivity index is 1.60. The van der Waals surface area contributed by atoms with Crippen molar-refractivity contribution >= 4 is 35.0 Å². The van der Waals surface area contributed by atoms with Gasteiger partial charge in [0.05, 0.1) is 12.6 Å². The third-order valence-electron chi connectivity index (χ3n) is 4.90. The number of anilines is 1. The van der Waals surface area contributed by atoms with Crippen LogP contribution in [0.3, 0.4) is 0 Å². The maximum atomic E-state index is 13.3. The number of carbonyl (C=O) groups excluding carboxylic acids is 1. The number of nitrogens with one attached hydrogen (secondary N) is 2. The summed E-state index contributed by atoms with van der Waals surface area (Å²) in [6, 6.07) is 14.6. The number of nitrogens with zero attached hydrogens (tertiary/aromatic N) is 3. The minimum Gasteiger partial charge on any atom is -0.494 e. The Hall–Kier alpha value is -2.71. The molecule has 0 bridgehead atoms. The zero-order chi connectivity index (χ0) is 21.8. The predicted molar refractivity (Wildman–Crippen MR) is 123 cm³/mol. The van der Waals surface area contributed by atoms with Crippen LogP contribution in [-0.2, 0) is 11.2 Å². The van der Waals surface area contributed by atoms with Gasteiger partial charge in [-0.15, -0.1) is 10.2 Å². The molecule has 1 amide bonds. The van der Waals surface area contributed by atoms with E-state index in [1.807, 2.05) is 60.1 Å². The van der Waals surface area contributed by atoms with E-state index >= 15 is 0 Å². The molecule has 2 N–H and O–H groups in total. The normalized spacial score (nSPS) is 17.5. The average Bonchev–Trinajstić information content (AvgIpc) is 3.17. The van der Waals surface area contributed by atoms with Crippen molar-refractivity contribution in [3.8, 4) is 5.75 Å². The van der Waals surface area contributed by atoms with E-state index < -0.39 is 5.25 Å². The molecule has 0 aliphatic carbocycles. The fourth-order valence-electron chi connectivity index (χ4n) is 3.42. The lowest BCUT2D eigenvalue weighted by molar-refractivity contribution is -0.116. The van der Waals surface area contributed by atoms with Crippen molar-refractivity contribution in [2.75, 3.05) is 17.3 Å². The second-order valence-electron chi connectivity index (χ2n) is 7.13. The van der Waals surface area contributed by atoms with Crippen molar-refractivity contribution in [2.45, 2.75) is 43.1 Å². The number of hydrogen-bond acceptors (Lipinski definition) is 6. The van der Waals surface area contributed by atoms with Crippen LogP contribution in [0.25, 0.3) is 0 Å². The maximum absolute atomic E-state index is 13.3. The molecule has 0 spiro atoms. The molecule has 0 saturated heterocycles. The van der Waals surface area contributed by atoms with E-state index in [9.17, 15) is 4.79 Å². The summed E-state index contributed by atoms with van der Waals surface area (Å²) in [5.74, 6) is 1.51. The fourth-order valence-corrected chi connectivity index (χ4v) is 4.64. The average molecular weight is 458 g/mol. The van der Waals surface area contributed by atoms with Crippen LogP contribution in [0.15, 0.2) is 53.7 Å². The number of hydrogen-bond donors (Lipinski definition) is 2. The molecule has 9 heteroatoms. The molecule has 1 aromatic heterocycles. The first-order valence-electron chi connectivity index (χ1n) is 10.3. The van der Waals surface area contributed by atoms with Crippen LogP contribution in [-0.4, -0.2) is 32.6 Å². The Morgan fingerprint density at radius 1 is 1.16 bits per heavy atom. The molecule has 1 aliphatic rings. The van der Waals surface area contributed by atoms with Crippen LogP contribution in [0.4, 0.5) is 5.69 Å². The van der Waals surface area contributed by atoms with Gasteiger partial charge in [-0.3, -0.25) is 4.79 Å². The van der Waals surface area contributed by atoms with Crippen molar-refractivity contribution in [3.05, 3.63) is 64.9 Å². The van der Waals surface area contributed by atoms with Gasteiger partial charge in [0, 0.05) is 17.1 Å². The van der Waals surface area contributed by atoms with Crippen molar-refractivity contribution in [2.24, 2.45) is 0 Å². The molecule has 0 fully saturated rings. The monoisotopic (exact) mass is 457 g/mol. The molecule has 2 atom stereocenters. The first kappa shape index (κ1) is 21.5. The summed E-state index contributed by atoms with van der Waals surface area (Å²) in [4.78, 5) is 13.3. The highest BCUT2D eigenvalue weighted by Crippen LogP contribution is 2.38. The van der Waals surface area contributed by atoms with E-state index in [1.165, 1.54) is 11.8 Å². The number of amides is 1. The summed E-state index contributed by atoms with van der Waals surface area (Å²) < 4.78 is 7.37. The lowest BCUT2D eigenvalue weighted by atomic mass is 10.0. The third kappa shape index (κ3) is 4.80. The van der Waals surface area contributed by atoms with Crippen LogP contribution in [0, 0.1) is 0 Å². The zero-order valence-electron chi connectivity index (χ0n) is 17.3. The van der Waals surface area contributed by atoms with Crippen LogP contribution in [0.1, 0.15) is 37.7 Å². The predicted octanol–water partition coefficient (Wildman–Crippen LogP) is 4.68. The smallest absolute Gasteiger partial charge is 0.240 e. The van der Waals surface area contributed by atoms with Crippen molar-refractivity contribution in [1.29, 1.82) is 0 Å². The molecular formula is C22H24ClN5O2S. The Morgan fingerprint density at radius 3 is 2.58 bits per heavy atom. The highest BCUT2D eigenvalue weighted by atomic mass is 35.5. The van der Waals surface area contributed by atoms with E-state index in [0.29, 0.717) is 22.5 Å². The Labute approximate surface area is 190 Å². The lowest BCUT2D eigenvalue weighted by Crippen LogP contribution is -2.41. The van der Waals surface area contributed by atoms with Gasteiger partial charge in [-0.1, -0.05) is 42.4 Å². The van der Waals surface area contributed by atoms with Crippen molar-refractivity contribution in [3.63, 3.8) is 0 Å². The molecule has 2 aromatic carbocycles. The molecule has 0 radical (unpaired) electrons. The van der Waals surface area contributed by atoms with Gasteiger partial charge in [-0.25, -0.2) is 4.68 Å². The van der Waals surface area contributed by atoms with E-state index in [1.54, 1.807) is 0 Å². The summed E-state index contributed by atoms with van der Waals surface area (Å²) in [6.07, 6.45) is 1.76. The van der Waals surface area contributed by atoms with E-state index in [0.717, 1.165) is 30.0 Å². The van der Waals surface area contributed by atoms with Gasteiger partial charge in [-0.05, 0) is 55.3 Å². The minimum atomic E-state index is -0.445. The van der Waals surface area contributed by atoms with E-state index in [-0.39, 0.29) is 11.9 Å². The first-order valence-corrected chi connectivity index (χ1v) is 11.5. The standard InChI is InChI=1S/C22H24ClN5O2S/c1-3-5-18-25-26-22-28(18)27-19(14-6-8-15(23)9-7-14)20(31-22)21(29)24-16-10-12-17(13-11-16)30-4-2/h6-13,19-20,27H,3-5H2,1-2H3,(H,24,29). The molecule has 0 saturated carbocycles. The van der Waals surface area contributed by atoms with Gasteiger partial charge < -0.3 is 15.5 Å². The number of benzene rings is 2. The van der Waals surface area contributed by atoms with Gasteiger partial charge in [0.1, 0.15) is 11.0 Å². The molecule has 4 rings (SSSR count). The lowest BCUT2D eigenvalue weighted by Gasteiger charge is -2.33. The highest BCUT2D eigenvalue weighted by molar-refractivity contribution is 8.00. The number of carbonyl (C=O) groups is 1. The van der Waals surface area contributed by atoms with E-state index in [4.69, 9.17) is 16.3 Å². The fraction of sp³-hybridized carbons (Fsp3) is 0.318. The Morgan fingerprint density at radius 2 is 1.90 bits per heavy atom. The quantitative estimate of drug-likeness (QED) is 0.536. The third-order valence-corrected chi connectivity index (χ3v) is 6.36. The molecule has 2 heterocycles.